The van der Waals surface area contributed by atoms with Gasteiger partial charge in [-0.3, -0.25) is 14.6 Å². The number of morpholine rings is 2. The van der Waals surface area contributed by atoms with Crippen molar-refractivity contribution in [1.82, 2.24) is 14.7 Å². The number of nitrogens with zero attached hydrogens (tertiary/aromatic N) is 3. The summed E-state index contributed by atoms with van der Waals surface area (Å²) in [5.41, 5.74) is 1.89. The highest BCUT2D eigenvalue weighted by atomic mass is 16.5. The third kappa shape index (κ3) is 5.92. The largest absolute Gasteiger partial charge is 0.472 e. The molecule has 162 valence electrons. The molecular formula is C23H31N3O4. The standard InChI is InChI=1S/C23H31N3O4/c27-23(21-4-2-1-3-5-21)26(8-7-24-9-13-28-14-10-24)18-22-17-25(11-15-30-22)16-20-6-12-29-19-20/h1-6,12,19,22H,7-11,13-18H2. The SMILES string of the molecule is O=C(c1ccccc1)N(CCN1CCOCC1)CC1CN(Cc2ccoc2)CCO1. The van der Waals surface area contributed by atoms with Crippen molar-refractivity contribution < 1.29 is 18.7 Å². The van der Waals surface area contributed by atoms with Crippen LogP contribution in [-0.2, 0) is 16.0 Å². The van der Waals surface area contributed by atoms with Crippen LogP contribution in [0, 0.1) is 0 Å². The van der Waals surface area contributed by atoms with Gasteiger partial charge < -0.3 is 18.8 Å². The average molecular weight is 414 g/mol. The maximum Gasteiger partial charge on any atom is 0.253 e. The van der Waals surface area contributed by atoms with E-state index in [2.05, 4.69) is 9.80 Å². The number of carbonyl (C=O) groups is 1. The Bertz CT molecular complexity index is 762. The van der Waals surface area contributed by atoms with E-state index >= 15 is 0 Å². The molecule has 1 aromatic heterocycles. The summed E-state index contributed by atoms with van der Waals surface area (Å²) in [7, 11) is 0. The van der Waals surface area contributed by atoms with Gasteiger partial charge in [0.15, 0.2) is 0 Å². The van der Waals surface area contributed by atoms with Crippen LogP contribution in [0.3, 0.4) is 0 Å². The third-order valence-corrected chi connectivity index (χ3v) is 5.73. The molecule has 4 rings (SSSR count). The molecule has 0 aliphatic carbocycles. The summed E-state index contributed by atoms with van der Waals surface area (Å²) < 4.78 is 16.7. The lowest BCUT2D eigenvalue weighted by Crippen LogP contribution is -2.50. The van der Waals surface area contributed by atoms with E-state index in [0.717, 1.165) is 58.0 Å². The number of rotatable bonds is 8. The van der Waals surface area contributed by atoms with Gasteiger partial charge in [-0.05, 0) is 18.2 Å². The van der Waals surface area contributed by atoms with E-state index in [9.17, 15) is 4.79 Å². The van der Waals surface area contributed by atoms with Crippen molar-refractivity contribution in [3.8, 4) is 0 Å². The Morgan fingerprint density at radius 3 is 2.60 bits per heavy atom. The second-order valence-electron chi connectivity index (χ2n) is 7.93. The number of furan rings is 1. The van der Waals surface area contributed by atoms with Crippen molar-refractivity contribution in [3.05, 3.63) is 60.1 Å². The minimum Gasteiger partial charge on any atom is -0.472 e. The fourth-order valence-corrected chi connectivity index (χ4v) is 4.05. The summed E-state index contributed by atoms with van der Waals surface area (Å²) in [6.07, 6.45) is 3.50. The van der Waals surface area contributed by atoms with Crippen LogP contribution >= 0.6 is 0 Å². The van der Waals surface area contributed by atoms with Crippen LogP contribution in [0.15, 0.2) is 53.3 Å². The summed E-state index contributed by atoms with van der Waals surface area (Å²) in [4.78, 5) is 19.9. The molecule has 1 unspecified atom stereocenters. The molecule has 0 N–H and O–H groups in total. The first-order valence-corrected chi connectivity index (χ1v) is 10.8. The molecule has 2 aromatic rings. The Balaban J connectivity index is 1.38. The van der Waals surface area contributed by atoms with E-state index in [0.29, 0.717) is 19.7 Å². The zero-order valence-electron chi connectivity index (χ0n) is 17.4. The number of amides is 1. The number of hydrogen-bond donors (Lipinski definition) is 0. The van der Waals surface area contributed by atoms with Crippen LogP contribution < -0.4 is 0 Å². The number of ether oxygens (including phenoxy) is 2. The Hall–Kier alpha value is -2.19. The summed E-state index contributed by atoms with van der Waals surface area (Å²) in [6.45, 7) is 8.74. The van der Waals surface area contributed by atoms with E-state index < -0.39 is 0 Å². The molecule has 0 saturated carbocycles. The highest BCUT2D eigenvalue weighted by Gasteiger charge is 2.26. The lowest BCUT2D eigenvalue weighted by atomic mass is 10.1. The van der Waals surface area contributed by atoms with Crippen LogP contribution in [0.4, 0.5) is 0 Å². The Labute approximate surface area is 178 Å². The molecule has 2 saturated heterocycles. The van der Waals surface area contributed by atoms with Crippen molar-refractivity contribution in [1.29, 1.82) is 0 Å². The molecule has 7 heteroatoms. The van der Waals surface area contributed by atoms with Gasteiger partial charge in [0.05, 0.1) is 38.5 Å². The highest BCUT2D eigenvalue weighted by Crippen LogP contribution is 2.14. The fraction of sp³-hybridized carbons (Fsp3) is 0.522. The van der Waals surface area contributed by atoms with Crippen molar-refractivity contribution in [3.63, 3.8) is 0 Å². The molecule has 0 radical (unpaired) electrons. The maximum absolute atomic E-state index is 13.2. The normalized spacial score (nSPS) is 20.9. The predicted octanol–water partition coefficient (Wildman–Crippen LogP) is 1.95. The van der Waals surface area contributed by atoms with Gasteiger partial charge in [-0.1, -0.05) is 18.2 Å². The summed E-state index contributed by atoms with van der Waals surface area (Å²) in [5, 5.41) is 0. The summed E-state index contributed by atoms with van der Waals surface area (Å²) in [6, 6.07) is 11.5. The highest BCUT2D eigenvalue weighted by molar-refractivity contribution is 5.94. The molecular weight excluding hydrogens is 382 g/mol. The van der Waals surface area contributed by atoms with Crippen LogP contribution in [0.5, 0.6) is 0 Å². The smallest absolute Gasteiger partial charge is 0.253 e. The fourth-order valence-electron chi connectivity index (χ4n) is 4.05. The van der Waals surface area contributed by atoms with Crippen molar-refractivity contribution in [2.75, 3.05) is 65.6 Å². The van der Waals surface area contributed by atoms with Crippen molar-refractivity contribution in [2.45, 2.75) is 12.6 Å². The first-order valence-electron chi connectivity index (χ1n) is 10.8. The van der Waals surface area contributed by atoms with E-state index in [1.165, 1.54) is 5.56 Å². The van der Waals surface area contributed by atoms with Gasteiger partial charge in [-0.15, -0.1) is 0 Å². The van der Waals surface area contributed by atoms with Crippen molar-refractivity contribution in [2.24, 2.45) is 0 Å². The predicted molar refractivity (Wildman–Crippen MR) is 113 cm³/mol. The van der Waals surface area contributed by atoms with Gasteiger partial charge in [0, 0.05) is 63.5 Å². The van der Waals surface area contributed by atoms with Gasteiger partial charge in [0.2, 0.25) is 0 Å². The zero-order valence-corrected chi connectivity index (χ0v) is 17.4. The molecule has 7 nitrogen and oxygen atoms in total. The quantitative estimate of drug-likeness (QED) is 0.659. The molecule has 1 atom stereocenters. The maximum atomic E-state index is 13.2. The van der Waals surface area contributed by atoms with E-state index in [1.54, 1.807) is 12.5 Å². The van der Waals surface area contributed by atoms with Gasteiger partial charge in [-0.2, -0.15) is 0 Å². The summed E-state index contributed by atoms with van der Waals surface area (Å²) >= 11 is 0. The molecule has 1 aromatic carbocycles. The molecule has 3 heterocycles. The molecule has 1 amide bonds. The van der Waals surface area contributed by atoms with Gasteiger partial charge >= 0.3 is 0 Å². The van der Waals surface area contributed by atoms with Crippen molar-refractivity contribution >= 4 is 5.91 Å². The monoisotopic (exact) mass is 413 g/mol. The molecule has 2 fully saturated rings. The molecule has 2 aliphatic heterocycles. The molecule has 2 aliphatic rings. The Morgan fingerprint density at radius 1 is 1.03 bits per heavy atom. The molecule has 0 bridgehead atoms. The first-order chi connectivity index (χ1) is 14.8. The van der Waals surface area contributed by atoms with Crippen LogP contribution in [0.25, 0.3) is 0 Å². The second-order valence-corrected chi connectivity index (χ2v) is 7.93. The molecule has 0 spiro atoms. The Morgan fingerprint density at radius 2 is 1.83 bits per heavy atom. The van der Waals surface area contributed by atoms with Gasteiger partial charge in [0.25, 0.3) is 5.91 Å². The minimum absolute atomic E-state index is 0.00278. The average Bonchev–Trinajstić information content (AvgIpc) is 3.31. The molecule has 30 heavy (non-hydrogen) atoms. The number of hydrogen-bond acceptors (Lipinski definition) is 6. The van der Waals surface area contributed by atoms with E-state index in [-0.39, 0.29) is 12.0 Å². The lowest BCUT2D eigenvalue weighted by molar-refractivity contribution is -0.0443. The van der Waals surface area contributed by atoms with E-state index in [4.69, 9.17) is 13.9 Å². The number of benzene rings is 1. The topological polar surface area (TPSA) is 58.4 Å². The first kappa shape index (κ1) is 21.1. The zero-order chi connectivity index (χ0) is 20.6. The minimum atomic E-state index is 0.00278. The third-order valence-electron chi connectivity index (χ3n) is 5.73. The van der Waals surface area contributed by atoms with Crippen LogP contribution in [0.1, 0.15) is 15.9 Å². The second kappa shape index (κ2) is 10.7. The van der Waals surface area contributed by atoms with Gasteiger partial charge in [0.1, 0.15) is 0 Å². The van der Waals surface area contributed by atoms with Crippen LogP contribution in [0.2, 0.25) is 0 Å². The Kier molecular flexibility index (Phi) is 7.53. The van der Waals surface area contributed by atoms with E-state index in [1.807, 2.05) is 41.3 Å². The number of carbonyl (C=O) groups excluding carboxylic acids is 1. The van der Waals surface area contributed by atoms with Gasteiger partial charge in [-0.25, -0.2) is 0 Å². The van der Waals surface area contributed by atoms with Crippen LogP contribution in [-0.4, -0.2) is 92.3 Å². The lowest BCUT2D eigenvalue weighted by Gasteiger charge is -2.36. The summed E-state index contributed by atoms with van der Waals surface area (Å²) in [5.74, 6) is 0.0689.